The number of rotatable bonds is 9. The fourth-order valence-corrected chi connectivity index (χ4v) is 4.59. The lowest BCUT2D eigenvalue weighted by atomic mass is 10.2. The second-order valence-electron chi connectivity index (χ2n) is 8.01. The molecule has 1 amide bonds. The Labute approximate surface area is 207 Å². The van der Waals surface area contributed by atoms with Crippen LogP contribution >= 0.6 is 11.8 Å². The van der Waals surface area contributed by atoms with E-state index in [9.17, 15) is 14.4 Å². The first-order valence-electron chi connectivity index (χ1n) is 11.2. The Bertz CT molecular complexity index is 1390. The van der Waals surface area contributed by atoms with Gasteiger partial charge in [0.05, 0.1) is 18.8 Å². The molecule has 0 radical (unpaired) electrons. The molecule has 0 saturated heterocycles. The summed E-state index contributed by atoms with van der Waals surface area (Å²) < 4.78 is 1.29. The van der Waals surface area contributed by atoms with Gasteiger partial charge in [-0.1, -0.05) is 91.0 Å². The molecule has 0 aliphatic heterocycles. The molecule has 1 aromatic heterocycles. The van der Waals surface area contributed by atoms with E-state index in [0.29, 0.717) is 5.75 Å². The quantitative estimate of drug-likeness (QED) is 0.376. The fraction of sp³-hybridized carbons (Fsp3) is 0.148. The van der Waals surface area contributed by atoms with Gasteiger partial charge in [-0.3, -0.25) is 24.0 Å². The van der Waals surface area contributed by atoms with Gasteiger partial charge < -0.3 is 5.73 Å². The summed E-state index contributed by atoms with van der Waals surface area (Å²) in [6.07, 6.45) is 0. The van der Waals surface area contributed by atoms with Crippen molar-refractivity contribution >= 4 is 29.2 Å². The normalized spacial score (nSPS) is 10.7. The van der Waals surface area contributed by atoms with Crippen LogP contribution in [0.5, 0.6) is 0 Å². The number of nitrogens with one attached hydrogen (secondary N) is 1. The molecule has 0 atom stereocenters. The minimum atomic E-state index is -0.686. The molecule has 4 rings (SSSR count). The average molecular weight is 487 g/mol. The van der Waals surface area contributed by atoms with Crippen molar-refractivity contribution in [3.05, 3.63) is 129 Å². The number of amides is 1. The third-order valence-corrected chi connectivity index (χ3v) is 6.48. The number of H-pyrrole nitrogens is 1. The fourth-order valence-electron chi connectivity index (χ4n) is 3.73. The van der Waals surface area contributed by atoms with Crippen LogP contribution < -0.4 is 21.9 Å². The Hall–Kier alpha value is -4.04. The van der Waals surface area contributed by atoms with E-state index in [2.05, 4.69) is 4.98 Å². The van der Waals surface area contributed by atoms with Crippen LogP contribution in [-0.4, -0.2) is 21.2 Å². The van der Waals surface area contributed by atoms with Crippen LogP contribution in [-0.2, 0) is 23.6 Å². The summed E-state index contributed by atoms with van der Waals surface area (Å²) in [5, 5.41) is 0. The van der Waals surface area contributed by atoms with Crippen LogP contribution in [0.2, 0.25) is 0 Å². The molecule has 0 unspecified atom stereocenters. The summed E-state index contributed by atoms with van der Waals surface area (Å²) in [4.78, 5) is 42.7. The van der Waals surface area contributed by atoms with Gasteiger partial charge in [-0.05, 0) is 16.7 Å². The second kappa shape index (κ2) is 11.4. The smallest absolute Gasteiger partial charge is 0.330 e. The van der Waals surface area contributed by atoms with Gasteiger partial charge >= 0.3 is 5.69 Å². The van der Waals surface area contributed by atoms with Gasteiger partial charge in [-0.15, -0.1) is 11.8 Å². The molecule has 0 spiro atoms. The number of hydrogen-bond donors (Lipinski definition) is 2. The molecule has 0 bridgehead atoms. The molecular weight excluding hydrogens is 460 g/mol. The van der Waals surface area contributed by atoms with Gasteiger partial charge in [0.1, 0.15) is 5.82 Å². The molecule has 7 nitrogen and oxygen atoms in total. The van der Waals surface area contributed by atoms with Crippen molar-refractivity contribution in [2.24, 2.45) is 0 Å². The van der Waals surface area contributed by atoms with Crippen molar-refractivity contribution in [1.82, 2.24) is 9.55 Å². The topological polar surface area (TPSA) is 101 Å². The number of hydrogen-bond acceptors (Lipinski definition) is 5. The Morgan fingerprint density at radius 1 is 0.829 bits per heavy atom. The van der Waals surface area contributed by atoms with E-state index in [-0.39, 0.29) is 36.3 Å². The number of benzene rings is 3. The van der Waals surface area contributed by atoms with Crippen LogP contribution in [0.4, 0.5) is 11.5 Å². The predicted molar refractivity (Wildman–Crippen MR) is 142 cm³/mol. The first kappa shape index (κ1) is 24.1. The molecule has 3 aromatic carbocycles. The highest BCUT2D eigenvalue weighted by molar-refractivity contribution is 7.99. The number of nitrogens with zero attached hydrogens (tertiary/aromatic N) is 2. The summed E-state index contributed by atoms with van der Waals surface area (Å²) >= 11 is 1.46. The van der Waals surface area contributed by atoms with E-state index in [1.165, 1.54) is 21.2 Å². The lowest BCUT2D eigenvalue weighted by Gasteiger charge is -2.25. The van der Waals surface area contributed by atoms with E-state index in [0.717, 1.165) is 16.7 Å². The van der Waals surface area contributed by atoms with Crippen LogP contribution in [0.1, 0.15) is 16.7 Å². The maximum absolute atomic E-state index is 13.4. The van der Waals surface area contributed by atoms with E-state index >= 15 is 0 Å². The van der Waals surface area contributed by atoms with E-state index in [1.807, 2.05) is 91.0 Å². The molecule has 0 aliphatic rings. The average Bonchev–Trinajstić information content (AvgIpc) is 2.87. The summed E-state index contributed by atoms with van der Waals surface area (Å²) in [5.74, 6) is 0.501. The van der Waals surface area contributed by atoms with Crippen LogP contribution in [0, 0.1) is 0 Å². The monoisotopic (exact) mass is 486 g/mol. The van der Waals surface area contributed by atoms with Crippen molar-refractivity contribution in [3.63, 3.8) is 0 Å². The lowest BCUT2D eigenvalue weighted by molar-refractivity contribution is -0.116. The van der Waals surface area contributed by atoms with Gasteiger partial charge in [0.25, 0.3) is 5.56 Å². The van der Waals surface area contributed by atoms with Gasteiger partial charge in [-0.2, -0.15) is 0 Å². The Morgan fingerprint density at radius 2 is 1.37 bits per heavy atom. The van der Waals surface area contributed by atoms with Crippen molar-refractivity contribution < 1.29 is 4.79 Å². The highest BCUT2D eigenvalue weighted by atomic mass is 32.2. The second-order valence-corrected chi connectivity index (χ2v) is 8.99. The molecule has 8 heteroatoms. The summed E-state index contributed by atoms with van der Waals surface area (Å²) in [5.41, 5.74) is 7.86. The van der Waals surface area contributed by atoms with Gasteiger partial charge in [0.2, 0.25) is 5.91 Å². The maximum Gasteiger partial charge on any atom is 0.330 e. The molecule has 0 aliphatic carbocycles. The Balaban J connectivity index is 1.66. The number of thioether (sulfide) groups is 1. The number of anilines is 2. The van der Waals surface area contributed by atoms with Crippen LogP contribution in [0.25, 0.3) is 0 Å². The number of aromatic nitrogens is 2. The lowest BCUT2D eigenvalue weighted by Crippen LogP contribution is -2.41. The number of nitrogens with two attached hydrogens (primary N) is 1. The zero-order chi connectivity index (χ0) is 24.6. The van der Waals surface area contributed by atoms with Crippen molar-refractivity contribution in [2.75, 3.05) is 16.4 Å². The minimum Gasteiger partial charge on any atom is -0.383 e. The van der Waals surface area contributed by atoms with Crippen LogP contribution in [0.15, 0.2) is 101 Å². The maximum atomic E-state index is 13.4. The van der Waals surface area contributed by atoms with Crippen molar-refractivity contribution in [2.45, 2.75) is 18.8 Å². The predicted octanol–water partition coefficient (Wildman–Crippen LogP) is 3.63. The number of carbonyl (C=O) groups excluding carboxylic acids is 1. The molecule has 3 N–H and O–H groups in total. The molecule has 178 valence electrons. The zero-order valence-electron chi connectivity index (χ0n) is 19.1. The van der Waals surface area contributed by atoms with Crippen molar-refractivity contribution in [1.29, 1.82) is 0 Å². The first-order chi connectivity index (χ1) is 17.0. The molecule has 4 aromatic rings. The summed E-state index contributed by atoms with van der Waals surface area (Å²) in [6.45, 7) is 0.327. The first-order valence-corrected chi connectivity index (χ1v) is 12.3. The van der Waals surface area contributed by atoms with E-state index < -0.39 is 11.2 Å². The van der Waals surface area contributed by atoms with Gasteiger partial charge in [0.15, 0.2) is 5.69 Å². The third kappa shape index (κ3) is 6.10. The van der Waals surface area contributed by atoms with E-state index in [1.54, 1.807) is 0 Å². The Morgan fingerprint density at radius 3 is 1.97 bits per heavy atom. The largest absolute Gasteiger partial charge is 0.383 e. The molecule has 0 fully saturated rings. The number of aromatic amines is 1. The molecule has 35 heavy (non-hydrogen) atoms. The molecular formula is C27H26N4O3S. The third-order valence-electron chi connectivity index (χ3n) is 5.49. The SMILES string of the molecule is Nc1c(N(Cc2ccccc2)C(=O)CSCc2ccccc2)c(=O)[nH]c(=O)n1Cc1ccccc1. The van der Waals surface area contributed by atoms with E-state index in [4.69, 9.17) is 5.73 Å². The van der Waals surface area contributed by atoms with Crippen LogP contribution in [0.3, 0.4) is 0 Å². The van der Waals surface area contributed by atoms with Crippen molar-refractivity contribution in [3.8, 4) is 0 Å². The zero-order valence-corrected chi connectivity index (χ0v) is 19.9. The van der Waals surface area contributed by atoms with Gasteiger partial charge in [-0.25, -0.2) is 4.79 Å². The molecule has 1 heterocycles. The number of carbonyl (C=O) groups is 1. The van der Waals surface area contributed by atoms with Gasteiger partial charge in [0, 0.05) is 5.75 Å². The summed E-state index contributed by atoms with van der Waals surface area (Å²) in [6, 6.07) is 28.5. The minimum absolute atomic E-state index is 0.0188. The standard InChI is InChI=1S/C27H26N4O3S/c28-25-24(26(33)29-27(34)31(25)17-21-12-6-2-7-13-21)30(16-20-10-4-1-5-11-20)23(32)19-35-18-22-14-8-3-9-15-22/h1-15H,16-19,28H2,(H,29,33,34). The highest BCUT2D eigenvalue weighted by Crippen LogP contribution is 2.22. The Kier molecular flexibility index (Phi) is 7.84. The highest BCUT2D eigenvalue weighted by Gasteiger charge is 2.24. The molecule has 0 saturated carbocycles. The summed E-state index contributed by atoms with van der Waals surface area (Å²) in [7, 11) is 0. The number of nitrogen functional groups attached to an aromatic ring is 1.